The Bertz CT molecular complexity index is 892. The number of nitrogens with one attached hydrogen (secondary N) is 1. The van der Waals surface area contributed by atoms with Gasteiger partial charge < -0.3 is 14.8 Å². The number of halogens is 3. The lowest BCUT2D eigenvalue weighted by atomic mass is 9.87. The minimum Gasteiger partial charge on any atom is -0.444 e. The van der Waals surface area contributed by atoms with E-state index in [-0.39, 0.29) is 12.5 Å². The molecule has 31 heavy (non-hydrogen) atoms. The van der Waals surface area contributed by atoms with E-state index in [1.165, 1.54) is 0 Å². The van der Waals surface area contributed by atoms with E-state index >= 15 is 0 Å². The van der Waals surface area contributed by atoms with Crippen LogP contribution in [0.25, 0.3) is 11.1 Å². The Morgan fingerprint density at radius 2 is 1.94 bits per heavy atom. The molecule has 0 radical (unpaired) electrons. The zero-order valence-electron chi connectivity index (χ0n) is 18.5. The number of hydrogen-bond acceptors (Lipinski definition) is 4. The molecule has 8 heteroatoms. The van der Waals surface area contributed by atoms with E-state index in [9.17, 15) is 18.0 Å². The number of aromatic nitrogens is 1. The first kappa shape index (κ1) is 24.7. The lowest BCUT2D eigenvalue weighted by Crippen LogP contribution is -2.36. The van der Waals surface area contributed by atoms with Crippen molar-refractivity contribution in [3.63, 3.8) is 0 Å². The molecule has 1 N–H and O–H groups in total. The van der Waals surface area contributed by atoms with Crippen LogP contribution in [0.1, 0.15) is 57.4 Å². The van der Waals surface area contributed by atoms with Gasteiger partial charge in [0.2, 0.25) is 0 Å². The highest BCUT2D eigenvalue weighted by Crippen LogP contribution is 2.36. The predicted molar refractivity (Wildman–Crippen MR) is 113 cm³/mol. The second-order valence-electron chi connectivity index (χ2n) is 7.90. The van der Waals surface area contributed by atoms with E-state index in [2.05, 4.69) is 10.3 Å². The highest BCUT2D eigenvalue weighted by molar-refractivity contribution is 5.70. The SMILES string of the molecule is CC.CC(C)(C)OC(=O)NCC1COCc2c(-c3ccnc(C(F)(F)F)c3)cccc21. The number of fused-ring (bicyclic) bond motifs is 1. The van der Waals surface area contributed by atoms with Crippen LogP contribution in [0.3, 0.4) is 0 Å². The average Bonchev–Trinajstić information content (AvgIpc) is 2.71. The number of carbonyl (C=O) groups excluding carboxylic acids is 1. The fourth-order valence-corrected chi connectivity index (χ4v) is 3.25. The van der Waals surface area contributed by atoms with Gasteiger partial charge in [-0.15, -0.1) is 0 Å². The van der Waals surface area contributed by atoms with Gasteiger partial charge in [0.15, 0.2) is 0 Å². The van der Waals surface area contributed by atoms with Crippen molar-refractivity contribution in [2.24, 2.45) is 0 Å². The highest BCUT2D eigenvalue weighted by atomic mass is 19.4. The third-order valence-corrected chi connectivity index (χ3v) is 4.47. The van der Waals surface area contributed by atoms with Gasteiger partial charge in [-0.25, -0.2) is 4.79 Å². The number of alkyl carbamates (subject to hydrolysis) is 1. The number of hydrogen-bond donors (Lipinski definition) is 1. The summed E-state index contributed by atoms with van der Waals surface area (Å²) in [4.78, 5) is 15.4. The number of rotatable bonds is 3. The number of benzene rings is 1. The van der Waals surface area contributed by atoms with Gasteiger partial charge in [-0.05, 0) is 55.2 Å². The third kappa shape index (κ3) is 6.69. The van der Waals surface area contributed by atoms with Gasteiger partial charge in [0.05, 0.1) is 13.2 Å². The second kappa shape index (κ2) is 10.1. The van der Waals surface area contributed by atoms with Crippen molar-refractivity contribution in [3.8, 4) is 11.1 Å². The maximum Gasteiger partial charge on any atom is 0.433 e. The summed E-state index contributed by atoms with van der Waals surface area (Å²) < 4.78 is 50.0. The molecule has 0 aliphatic carbocycles. The molecular weight excluding hydrogens is 409 g/mol. The monoisotopic (exact) mass is 438 g/mol. The lowest BCUT2D eigenvalue weighted by molar-refractivity contribution is -0.141. The van der Waals surface area contributed by atoms with Gasteiger partial charge in [-0.2, -0.15) is 13.2 Å². The standard InChI is InChI=1S/C21H23F3N2O3.C2H6/c1-20(2,3)29-19(27)26-10-14-11-28-12-17-15(5-4-6-16(14)17)13-7-8-25-18(9-13)21(22,23)24;1-2/h4-9,14H,10-12H2,1-3H3,(H,26,27);1-2H3. The summed E-state index contributed by atoms with van der Waals surface area (Å²) in [6.07, 6.45) is -3.88. The summed E-state index contributed by atoms with van der Waals surface area (Å²) in [5.41, 5.74) is 1.30. The summed E-state index contributed by atoms with van der Waals surface area (Å²) in [5, 5.41) is 2.74. The molecule has 1 aliphatic heterocycles. The summed E-state index contributed by atoms with van der Waals surface area (Å²) in [6.45, 7) is 10.3. The molecule has 1 unspecified atom stereocenters. The molecule has 0 saturated heterocycles. The number of pyridine rings is 1. The van der Waals surface area contributed by atoms with Crippen LogP contribution in [0.15, 0.2) is 36.5 Å². The molecular formula is C23H29F3N2O3. The summed E-state index contributed by atoms with van der Waals surface area (Å²) in [7, 11) is 0. The van der Waals surface area contributed by atoms with Gasteiger partial charge >= 0.3 is 12.3 Å². The van der Waals surface area contributed by atoms with Gasteiger partial charge in [-0.1, -0.05) is 32.0 Å². The maximum absolute atomic E-state index is 13.0. The normalized spacial score (nSPS) is 15.9. The number of alkyl halides is 3. The van der Waals surface area contributed by atoms with Crippen molar-refractivity contribution in [1.82, 2.24) is 10.3 Å². The van der Waals surface area contributed by atoms with E-state index in [0.717, 1.165) is 23.4 Å². The maximum atomic E-state index is 13.0. The largest absolute Gasteiger partial charge is 0.444 e. The minimum atomic E-state index is -4.51. The quantitative estimate of drug-likeness (QED) is 0.645. The van der Waals surface area contributed by atoms with E-state index < -0.39 is 23.6 Å². The summed E-state index contributed by atoms with van der Waals surface area (Å²) >= 11 is 0. The predicted octanol–water partition coefficient (Wildman–Crippen LogP) is 5.93. The Morgan fingerprint density at radius 3 is 2.58 bits per heavy atom. The molecule has 1 atom stereocenters. The molecule has 1 aromatic heterocycles. The number of nitrogens with zero attached hydrogens (tertiary/aromatic N) is 1. The summed E-state index contributed by atoms with van der Waals surface area (Å²) in [6, 6.07) is 8.06. The first-order valence-electron chi connectivity index (χ1n) is 10.2. The zero-order valence-corrected chi connectivity index (χ0v) is 18.5. The van der Waals surface area contributed by atoms with Gasteiger partial charge in [0, 0.05) is 18.7 Å². The van der Waals surface area contributed by atoms with Crippen LogP contribution in [-0.4, -0.2) is 29.8 Å². The lowest BCUT2D eigenvalue weighted by Gasteiger charge is -2.28. The van der Waals surface area contributed by atoms with Crippen molar-refractivity contribution >= 4 is 6.09 Å². The molecule has 1 aliphatic rings. The molecule has 2 aromatic rings. The molecule has 0 fully saturated rings. The van der Waals surface area contributed by atoms with Crippen molar-refractivity contribution in [3.05, 3.63) is 53.3 Å². The van der Waals surface area contributed by atoms with E-state index in [1.807, 2.05) is 19.9 Å². The van der Waals surface area contributed by atoms with Gasteiger partial charge in [0.1, 0.15) is 11.3 Å². The molecule has 0 spiro atoms. The van der Waals surface area contributed by atoms with Gasteiger partial charge in [0.25, 0.3) is 0 Å². The number of carbonyl (C=O) groups is 1. The molecule has 5 nitrogen and oxygen atoms in total. The van der Waals surface area contributed by atoms with Crippen LogP contribution in [-0.2, 0) is 22.3 Å². The highest BCUT2D eigenvalue weighted by Gasteiger charge is 2.33. The van der Waals surface area contributed by atoms with E-state index in [1.54, 1.807) is 39.0 Å². The Hall–Kier alpha value is -2.61. The average molecular weight is 438 g/mol. The Morgan fingerprint density at radius 1 is 1.23 bits per heavy atom. The van der Waals surface area contributed by atoms with Crippen molar-refractivity contribution in [1.29, 1.82) is 0 Å². The van der Waals surface area contributed by atoms with E-state index in [4.69, 9.17) is 9.47 Å². The molecule has 2 heterocycles. The Kier molecular flexibility index (Phi) is 8.06. The smallest absolute Gasteiger partial charge is 0.433 e. The topological polar surface area (TPSA) is 60.5 Å². The number of ether oxygens (including phenoxy) is 2. The van der Waals surface area contributed by atoms with Gasteiger partial charge in [-0.3, -0.25) is 4.98 Å². The van der Waals surface area contributed by atoms with Crippen molar-refractivity contribution in [2.75, 3.05) is 13.2 Å². The Balaban J connectivity index is 0.00000166. The van der Waals surface area contributed by atoms with Crippen LogP contribution < -0.4 is 5.32 Å². The minimum absolute atomic E-state index is 0.129. The molecule has 1 amide bonds. The molecule has 3 rings (SSSR count). The molecule has 1 aromatic carbocycles. The fraction of sp³-hybridized carbons (Fsp3) is 0.478. The van der Waals surface area contributed by atoms with Crippen molar-refractivity contribution < 1.29 is 27.4 Å². The van der Waals surface area contributed by atoms with Crippen LogP contribution in [0, 0.1) is 0 Å². The first-order chi connectivity index (χ1) is 14.5. The molecule has 170 valence electrons. The second-order valence-corrected chi connectivity index (χ2v) is 7.90. The molecule has 0 saturated carbocycles. The Labute approximate surface area is 181 Å². The van der Waals surface area contributed by atoms with E-state index in [0.29, 0.717) is 24.3 Å². The fourth-order valence-electron chi connectivity index (χ4n) is 3.25. The first-order valence-corrected chi connectivity index (χ1v) is 10.2. The summed E-state index contributed by atoms with van der Waals surface area (Å²) in [5.74, 6) is -0.129. The van der Waals surface area contributed by atoms with Crippen LogP contribution in [0.4, 0.5) is 18.0 Å². The zero-order chi connectivity index (χ0) is 23.2. The number of amides is 1. The van der Waals surface area contributed by atoms with Crippen LogP contribution in [0.5, 0.6) is 0 Å². The van der Waals surface area contributed by atoms with Crippen LogP contribution in [0.2, 0.25) is 0 Å². The van der Waals surface area contributed by atoms with Crippen molar-refractivity contribution in [2.45, 2.75) is 58.9 Å². The molecule has 0 bridgehead atoms. The van der Waals surface area contributed by atoms with Crippen LogP contribution >= 0.6 is 0 Å². The third-order valence-electron chi connectivity index (χ3n) is 4.47.